The Morgan fingerprint density at radius 1 is 1.14 bits per heavy atom. The zero-order chi connectivity index (χ0) is 25.5. The van der Waals surface area contributed by atoms with Gasteiger partial charge in [-0.05, 0) is 49.6 Å². The molecule has 0 saturated heterocycles. The summed E-state index contributed by atoms with van der Waals surface area (Å²) in [5.41, 5.74) is 1.46. The van der Waals surface area contributed by atoms with E-state index in [1.165, 1.54) is 31.0 Å². The lowest BCUT2D eigenvalue weighted by atomic mass is 9.88. The molecular weight excluding hydrogens is 481 g/mol. The fourth-order valence-corrected chi connectivity index (χ4v) is 5.64. The maximum atomic E-state index is 13.6. The zero-order valence-electron chi connectivity index (χ0n) is 20.7. The molecule has 0 spiro atoms. The van der Waals surface area contributed by atoms with Gasteiger partial charge in [0.1, 0.15) is 16.2 Å². The molecule has 1 saturated carbocycles. The molecule has 2 aliphatic rings. The third-order valence-electron chi connectivity index (χ3n) is 6.33. The maximum absolute atomic E-state index is 13.6. The number of hydrazone groups is 1. The summed E-state index contributed by atoms with van der Waals surface area (Å²) in [6.45, 7) is 2.43. The molecule has 36 heavy (non-hydrogen) atoms. The van der Waals surface area contributed by atoms with E-state index in [2.05, 4.69) is 5.32 Å². The van der Waals surface area contributed by atoms with Crippen LogP contribution in [0.1, 0.15) is 61.9 Å². The number of benzene rings is 2. The van der Waals surface area contributed by atoms with Crippen LogP contribution in [0.2, 0.25) is 0 Å². The van der Waals surface area contributed by atoms with Crippen LogP contribution in [0.15, 0.2) is 47.6 Å². The van der Waals surface area contributed by atoms with Gasteiger partial charge in [0.2, 0.25) is 5.91 Å². The highest BCUT2D eigenvalue weighted by molar-refractivity contribution is 8.14. The van der Waals surface area contributed by atoms with Crippen LogP contribution in [0, 0.1) is 11.7 Å². The van der Waals surface area contributed by atoms with Crippen LogP contribution in [0.3, 0.4) is 0 Å². The first kappa shape index (κ1) is 26.0. The van der Waals surface area contributed by atoms with Gasteiger partial charge in [0.15, 0.2) is 18.1 Å². The van der Waals surface area contributed by atoms with Gasteiger partial charge in [0, 0.05) is 23.6 Å². The molecule has 7 nitrogen and oxygen atoms in total. The molecule has 4 rings (SSSR count). The number of carbonyl (C=O) groups is 2. The number of nitrogens with zero attached hydrogens (tertiary/aromatic N) is 2. The van der Waals surface area contributed by atoms with Gasteiger partial charge >= 0.3 is 0 Å². The largest absolute Gasteiger partial charge is 0.492 e. The fraction of sp³-hybridized carbons (Fsp3) is 0.444. The smallest absolute Gasteiger partial charge is 0.257 e. The van der Waals surface area contributed by atoms with E-state index in [1.54, 1.807) is 23.2 Å². The van der Waals surface area contributed by atoms with Crippen molar-refractivity contribution in [2.45, 2.75) is 50.8 Å². The van der Waals surface area contributed by atoms with Gasteiger partial charge in [-0.15, -0.1) is 0 Å². The molecule has 1 atom stereocenters. The minimum Gasteiger partial charge on any atom is -0.492 e. The minimum atomic E-state index is -0.480. The molecule has 1 unspecified atom stereocenters. The molecule has 1 fully saturated rings. The van der Waals surface area contributed by atoms with Crippen molar-refractivity contribution in [2.75, 3.05) is 20.3 Å². The van der Waals surface area contributed by atoms with Crippen molar-refractivity contribution in [3.8, 4) is 11.5 Å². The average molecular weight is 514 g/mol. The maximum Gasteiger partial charge on any atom is 0.257 e. The van der Waals surface area contributed by atoms with E-state index in [4.69, 9.17) is 14.6 Å². The van der Waals surface area contributed by atoms with Crippen molar-refractivity contribution < 1.29 is 23.5 Å². The summed E-state index contributed by atoms with van der Waals surface area (Å²) < 4.78 is 25.1. The highest BCUT2D eigenvalue weighted by atomic mass is 32.2. The lowest BCUT2D eigenvalue weighted by molar-refractivity contribution is -0.137. The Bertz CT molecular complexity index is 1100. The van der Waals surface area contributed by atoms with Gasteiger partial charge in [-0.2, -0.15) is 5.10 Å². The standard InChI is InChI=1S/C27H32FN3O4S/c1-3-16-29-23(32)17-35-22-11-7-10-21(24(22)34-2)27-31(26(33)19-8-5-4-6-9-19)30-25(36-27)18-12-14-20(28)15-13-18/h7,10-15,19,27H,3-6,8-9,16-17H2,1-2H3,(H,29,32). The second kappa shape index (κ2) is 12.3. The summed E-state index contributed by atoms with van der Waals surface area (Å²) in [5, 5.41) is 9.21. The second-order valence-corrected chi connectivity index (χ2v) is 9.99. The Kier molecular flexibility index (Phi) is 8.85. The van der Waals surface area contributed by atoms with E-state index in [0.29, 0.717) is 23.1 Å². The Hall–Kier alpha value is -3.07. The van der Waals surface area contributed by atoms with E-state index in [1.807, 2.05) is 19.1 Å². The molecule has 1 N–H and O–H groups in total. The molecule has 0 aromatic heterocycles. The number of hydrogen-bond donors (Lipinski definition) is 1. The number of ether oxygens (including phenoxy) is 2. The number of methoxy groups -OCH3 is 1. The molecule has 1 aliphatic carbocycles. The van der Waals surface area contributed by atoms with Crippen molar-refractivity contribution >= 4 is 28.6 Å². The zero-order valence-corrected chi connectivity index (χ0v) is 21.5. The van der Waals surface area contributed by atoms with Gasteiger partial charge < -0.3 is 14.8 Å². The third-order valence-corrected chi connectivity index (χ3v) is 7.54. The first-order valence-corrected chi connectivity index (χ1v) is 13.3. The monoisotopic (exact) mass is 513 g/mol. The Morgan fingerprint density at radius 3 is 2.58 bits per heavy atom. The molecule has 9 heteroatoms. The molecule has 1 aliphatic heterocycles. The summed E-state index contributed by atoms with van der Waals surface area (Å²) in [5.74, 6) is 0.236. The summed E-state index contributed by atoms with van der Waals surface area (Å²) in [4.78, 5) is 25.7. The van der Waals surface area contributed by atoms with Gasteiger partial charge in [-0.25, -0.2) is 9.40 Å². The van der Waals surface area contributed by atoms with Crippen LogP contribution in [0.5, 0.6) is 11.5 Å². The molecule has 2 aromatic carbocycles. The van der Waals surface area contributed by atoms with Crippen LogP contribution in [0.4, 0.5) is 4.39 Å². The van der Waals surface area contributed by atoms with E-state index >= 15 is 0 Å². The normalized spacial score (nSPS) is 18.0. The van der Waals surface area contributed by atoms with Crippen LogP contribution in [0.25, 0.3) is 0 Å². The Balaban J connectivity index is 1.63. The second-order valence-electron chi connectivity index (χ2n) is 8.92. The molecular formula is C27H32FN3O4S. The van der Waals surface area contributed by atoms with Crippen molar-refractivity contribution in [1.29, 1.82) is 0 Å². The molecule has 1 heterocycles. The van der Waals surface area contributed by atoms with Gasteiger partial charge in [0.05, 0.1) is 7.11 Å². The Morgan fingerprint density at radius 2 is 1.89 bits per heavy atom. The number of carbonyl (C=O) groups excluding carboxylic acids is 2. The number of rotatable bonds is 9. The summed E-state index contributed by atoms with van der Waals surface area (Å²) in [7, 11) is 1.54. The number of hydrogen-bond acceptors (Lipinski definition) is 6. The van der Waals surface area contributed by atoms with E-state index in [9.17, 15) is 14.0 Å². The Labute approximate surface area is 215 Å². The minimum absolute atomic E-state index is 0.0170. The van der Waals surface area contributed by atoms with Crippen molar-refractivity contribution in [1.82, 2.24) is 10.3 Å². The van der Waals surface area contributed by atoms with E-state index < -0.39 is 5.37 Å². The number of halogens is 1. The highest BCUT2D eigenvalue weighted by Gasteiger charge is 2.39. The number of thioether (sulfide) groups is 1. The summed E-state index contributed by atoms with van der Waals surface area (Å²) in [6.07, 6.45) is 5.74. The number of nitrogens with one attached hydrogen (secondary N) is 1. The van der Waals surface area contributed by atoms with Crippen LogP contribution in [-0.4, -0.2) is 42.1 Å². The predicted octanol–water partition coefficient (Wildman–Crippen LogP) is 5.26. The predicted molar refractivity (Wildman–Crippen MR) is 138 cm³/mol. The SMILES string of the molecule is CCCNC(=O)COc1cccc(C2SC(c3ccc(F)cc3)=NN2C(=O)C2CCCCC2)c1OC. The lowest BCUT2D eigenvalue weighted by Crippen LogP contribution is -2.33. The quantitative estimate of drug-likeness (QED) is 0.495. The van der Waals surface area contributed by atoms with Crippen LogP contribution in [-0.2, 0) is 9.59 Å². The molecule has 192 valence electrons. The highest BCUT2D eigenvalue weighted by Crippen LogP contribution is 2.48. The molecule has 2 amide bonds. The van der Waals surface area contributed by atoms with Crippen molar-refractivity contribution in [3.63, 3.8) is 0 Å². The first-order chi connectivity index (χ1) is 17.5. The van der Waals surface area contributed by atoms with Gasteiger partial charge in [0.25, 0.3) is 5.91 Å². The van der Waals surface area contributed by atoms with Crippen LogP contribution < -0.4 is 14.8 Å². The van der Waals surface area contributed by atoms with Gasteiger partial charge in [-0.1, -0.05) is 50.1 Å². The first-order valence-electron chi connectivity index (χ1n) is 12.4. The average Bonchev–Trinajstić information content (AvgIpc) is 3.36. The van der Waals surface area contributed by atoms with E-state index in [-0.39, 0.29) is 30.2 Å². The number of amides is 2. The van der Waals surface area contributed by atoms with E-state index in [0.717, 1.165) is 49.7 Å². The molecule has 0 radical (unpaired) electrons. The summed E-state index contributed by atoms with van der Waals surface area (Å²) >= 11 is 1.41. The fourth-order valence-electron chi connectivity index (χ4n) is 4.46. The van der Waals surface area contributed by atoms with Crippen LogP contribution >= 0.6 is 11.8 Å². The molecule has 2 aromatic rings. The summed E-state index contributed by atoms with van der Waals surface area (Å²) in [6, 6.07) is 11.5. The topological polar surface area (TPSA) is 80.2 Å². The van der Waals surface area contributed by atoms with Crippen molar-refractivity contribution in [2.24, 2.45) is 11.0 Å². The number of para-hydroxylation sites is 1. The lowest BCUT2D eigenvalue weighted by Gasteiger charge is -2.28. The van der Waals surface area contributed by atoms with Gasteiger partial charge in [-0.3, -0.25) is 9.59 Å². The molecule has 0 bridgehead atoms. The third kappa shape index (κ3) is 6.00. The van der Waals surface area contributed by atoms with Crippen molar-refractivity contribution in [3.05, 3.63) is 59.4 Å².